The molecule has 1 aliphatic carbocycles. The minimum atomic E-state index is 0.687. The van der Waals surface area contributed by atoms with Crippen LogP contribution in [-0.4, -0.2) is 54.6 Å². The van der Waals surface area contributed by atoms with E-state index in [1.54, 1.807) is 0 Å². The first-order valence-corrected chi connectivity index (χ1v) is 7.88. The Morgan fingerprint density at radius 2 is 1.72 bits per heavy atom. The van der Waals surface area contributed by atoms with Crippen LogP contribution in [0.4, 0.5) is 0 Å². The molecule has 0 radical (unpaired) electrons. The molecule has 0 spiro atoms. The molecule has 0 aromatic heterocycles. The van der Waals surface area contributed by atoms with Gasteiger partial charge in [-0.3, -0.25) is 4.90 Å². The Bertz CT molecular complexity index is 234. The molecule has 2 N–H and O–H groups in total. The van der Waals surface area contributed by atoms with Gasteiger partial charge in [0.1, 0.15) is 0 Å². The van der Waals surface area contributed by atoms with Crippen LogP contribution in [0.15, 0.2) is 0 Å². The van der Waals surface area contributed by atoms with Crippen molar-refractivity contribution in [1.82, 2.24) is 9.80 Å². The van der Waals surface area contributed by atoms with Gasteiger partial charge in [-0.1, -0.05) is 25.7 Å². The molecule has 2 rings (SSSR count). The van der Waals surface area contributed by atoms with Gasteiger partial charge < -0.3 is 10.6 Å². The van der Waals surface area contributed by atoms with E-state index in [9.17, 15) is 0 Å². The maximum atomic E-state index is 5.83. The number of hydrogen-bond acceptors (Lipinski definition) is 3. The van der Waals surface area contributed by atoms with Gasteiger partial charge in [0.2, 0.25) is 0 Å². The molecule has 3 nitrogen and oxygen atoms in total. The Morgan fingerprint density at radius 3 is 2.33 bits per heavy atom. The average Bonchev–Trinajstić information content (AvgIpc) is 2.57. The summed E-state index contributed by atoms with van der Waals surface area (Å²) in [4.78, 5) is 5.32. The van der Waals surface area contributed by atoms with Crippen LogP contribution in [0.25, 0.3) is 0 Å². The molecule has 0 amide bonds. The lowest BCUT2D eigenvalue weighted by Crippen LogP contribution is -2.60. The summed E-state index contributed by atoms with van der Waals surface area (Å²) in [5.41, 5.74) is 5.83. The van der Waals surface area contributed by atoms with Crippen molar-refractivity contribution < 1.29 is 0 Å². The van der Waals surface area contributed by atoms with Crippen LogP contribution in [0.3, 0.4) is 0 Å². The Kier molecular flexibility index (Phi) is 5.46. The largest absolute Gasteiger partial charge is 0.330 e. The highest BCUT2D eigenvalue weighted by Crippen LogP contribution is 2.28. The predicted octanol–water partition coefficient (Wildman–Crippen LogP) is 2.06. The van der Waals surface area contributed by atoms with E-state index in [4.69, 9.17) is 5.73 Å². The fourth-order valence-corrected chi connectivity index (χ4v) is 4.08. The number of rotatable bonds is 3. The molecule has 1 saturated heterocycles. The van der Waals surface area contributed by atoms with Gasteiger partial charge in [-0.05, 0) is 39.8 Å². The van der Waals surface area contributed by atoms with Crippen LogP contribution >= 0.6 is 0 Å². The van der Waals surface area contributed by atoms with Crippen molar-refractivity contribution in [2.45, 2.75) is 70.0 Å². The molecule has 1 heterocycles. The summed E-state index contributed by atoms with van der Waals surface area (Å²) in [6.07, 6.45) is 9.73. The molecular formula is C15H31N3. The third kappa shape index (κ3) is 3.46. The minimum absolute atomic E-state index is 0.687. The SMILES string of the molecule is CC1CN(C)CC(CCN)N1C1CCCCCC1. The second kappa shape index (κ2) is 6.88. The molecule has 3 heteroatoms. The van der Waals surface area contributed by atoms with E-state index in [0.717, 1.165) is 19.0 Å². The zero-order valence-electron chi connectivity index (χ0n) is 12.3. The Hall–Kier alpha value is -0.120. The Labute approximate surface area is 113 Å². The molecule has 1 saturated carbocycles. The number of nitrogens with two attached hydrogens (primary N) is 1. The predicted molar refractivity (Wildman–Crippen MR) is 77.7 cm³/mol. The minimum Gasteiger partial charge on any atom is -0.330 e. The fraction of sp³-hybridized carbons (Fsp3) is 1.00. The molecule has 0 aromatic carbocycles. The summed E-state index contributed by atoms with van der Waals surface area (Å²) in [5.74, 6) is 0. The second-order valence-corrected chi connectivity index (χ2v) is 6.39. The van der Waals surface area contributed by atoms with Crippen molar-refractivity contribution in [2.24, 2.45) is 5.73 Å². The number of piperazine rings is 1. The average molecular weight is 253 g/mol. The normalized spacial score (nSPS) is 33.5. The van der Waals surface area contributed by atoms with Crippen molar-refractivity contribution in [1.29, 1.82) is 0 Å². The molecule has 2 aliphatic rings. The van der Waals surface area contributed by atoms with Crippen molar-refractivity contribution in [3.8, 4) is 0 Å². The summed E-state index contributed by atoms with van der Waals surface area (Å²) < 4.78 is 0. The summed E-state index contributed by atoms with van der Waals surface area (Å²) in [6.45, 7) is 5.66. The summed E-state index contributed by atoms with van der Waals surface area (Å²) in [6, 6.07) is 2.21. The van der Waals surface area contributed by atoms with E-state index >= 15 is 0 Å². The van der Waals surface area contributed by atoms with E-state index in [1.165, 1.54) is 51.6 Å². The molecule has 0 aromatic rings. The van der Waals surface area contributed by atoms with Gasteiger partial charge in [0.05, 0.1) is 0 Å². The molecule has 2 atom stereocenters. The van der Waals surface area contributed by atoms with Crippen LogP contribution in [0.1, 0.15) is 51.9 Å². The second-order valence-electron chi connectivity index (χ2n) is 6.39. The van der Waals surface area contributed by atoms with E-state index in [2.05, 4.69) is 23.8 Å². The zero-order chi connectivity index (χ0) is 13.0. The van der Waals surface area contributed by atoms with E-state index in [0.29, 0.717) is 12.1 Å². The van der Waals surface area contributed by atoms with Crippen LogP contribution in [0.2, 0.25) is 0 Å². The number of hydrogen-bond donors (Lipinski definition) is 1. The van der Waals surface area contributed by atoms with Crippen molar-refractivity contribution in [3.05, 3.63) is 0 Å². The lowest BCUT2D eigenvalue weighted by molar-refractivity contribution is 0.000981. The quantitative estimate of drug-likeness (QED) is 0.782. The first kappa shape index (κ1) is 14.3. The molecule has 18 heavy (non-hydrogen) atoms. The first-order chi connectivity index (χ1) is 8.72. The third-order valence-electron chi connectivity index (χ3n) is 4.78. The van der Waals surface area contributed by atoms with Gasteiger partial charge in [-0.25, -0.2) is 0 Å². The van der Waals surface area contributed by atoms with Gasteiger partial charge in [-0.2, -0.15) is 0 Å². The van der Waals surface area contributed by atoms with Crippen molar-refractivity contribution in [3.63, 3.8) is 0 Å². The highest BCUT2D eigenvalue weighted by atomic mass is 15.3. The molecular weight excluding hydrogens is 222 g/mol. The summed E-state index contributed by atoms with van der Waals surface area (Å²) >= 11 is 0. The van der Waals surface area contributed by atoms with E-state index in [1.807, 2.05) is 0 Å². The third-order valence-corrected chi connectivity index (χ3v) is 4.78. The van der Waals surface area contributed by atoms with E-state index in [-0.39, 0.29) is 0 Å². The summed E-state index contributed by atoms with van der Waals surface area (Å²) in [5, 5.41) is 0. The topological polar surface area (TPSA) is 32.5 Å². The van der Waals surface area contributed by atoms with Crippen molar-refractivity contribution in [2.75, 3.05) is 26.7 Å². The van der Waals surface area contributed by atoms with Gasteiger partial charge in [0.25, 0.3) is 0 Å². The standard InChI is InChI=1S/C15H31N3/c1-13-11-17(2)12-15(9-10-16)18(13)14-7-5-3-4-6-8-14/h13-15H,3-12,16H2,1-2H3. The lowest BCUT2D eigenvalue weighted by atomic mass is 9.97. The van der Waals surface area contributed by atoms with Crippen LogP contribution in [-0.2, 0) is 0 Å². The number of nitrogens with zero attached hydrogens (tertiary/aromatic N) is 2. The van der Waals surface area contributed by atoms with Crippen LogP contribution in [0, 0.1) is 0 Å². The van der Waals surface area contributed by atoms with Crippen molar-refractivity contribution >= 4 is 0 Å². The molecule has 2 unspecified atom stereocenters. The van der Waals surface area contributed by atoms with E-state index < -0.39 is 0 Å². The van der Waals surface area contributed by atoms with Gasteiger partial charge >= 0.3 is 0 Å². The Balaban J connectivity index is 2.04. The summed E-state index contributed by atoms with van der Waals surface area (Å²) in [7, 11) is 2.25. The Morgan fingerprint density at radius 1 is 1.06 bits per heavy atom. The smallest absolute Gasteiger partial charge is 0.0241 e. The molecule has 2 fully saturated rings. The molecule has 0 bridgehead atoms. The molecule has 106 valence electrons. The first-order valence-electron chi connectivity index (χ1n) is 7.88. The molecule has 1 aliphatic heterocycles. The van der Waals surface area contributed by atoms with Gasteiger partial charge in [0.15, 0.2) is 0 Å². The maximum Gasteiger partial charge on any atom is 0.0241 e. The van der Waals surface area contributed by atoms with Crippen LogP contribution < -0.4 is 5.73 Å². The van der Waals surface area contributed by atoms with Crippen LogP contribution in [0.5, 0.6) is 0 Å². The zero-order valence-corrected chi connectivity index (χ0v) is 12.3. The lowest BCUT2D eigenvalue weighted by Gasteiger charge is -2.48. The van der Waals surface area contributed by atoms with Gasteiger partial charge in [0, 0.05) is 31.2 Å². The monoisotopic (exact) mass is 253 g/mol. The highest BCUT2D eigenvalue weighted by Gasteiger charge is 2.34. The fourth-order valence-electron chi connectivity index (χ4n) is 4.08. The highest BCUT2D eigenvalue weighted by molar-refractivity contribution is 4.91. The van der Waals surface area contributed by atoms with Gasteiger partial charge in [-0.15, -0.1) is 0 Å². The maximum absolute atomic E-state index is 5.83. The number of likely N-dealkylation sites (N-methyl/N-ethyl adjacent to an activating group) is 1.